The first-order valence-electron chi connectivity index (χ1n) is 10.3. The van der Waals surface area contributed by atoms with Crippen molar-refractivity contribution in [2.45, 2.75) is 38.3 Å². The van der Waals surface area contributed by atoms with Crippen molar-refractivity contribution in [1.29, 1.82) is 0 Å². The zero-order chi connectivity index (χ0) is 20.2. The molecule has 0 radical (unpaired) electrons. The predicted octanol–water partition coefficient (Wildman–Crippen LogP) is 0.485. The van der Waals surface area contributed by atoms with E-state index in [1.54, 1.807) is 11.0 Å². The first-order chi connectivity index (χ1) is 14.1. The predicted molar refractivity (Wildman–Crippen MR) is 108 cm³/mol. The van der Waals surface area contributed by atoms with Gasteiger partial charge in [0.1, 0.15) is 6.04 Å². The molecule has 2 saturated heterocycles. The molecule has 3 amide bonds. The molecule has 3 heterocycles. The number of imide groups is 1. The summed E-state index contributed by atoms with van der Waals surface area (Å²) < 4.78 is 0. The van der Waals surface area contributed by atoms with Crippen LogP contribution >= 0.6 is 0 Å². The number of unbranched alkanes of at least 4 members (excludes halogenated alkanes) is 1. The maximum atomic E-state index is 12.8. The number of fused-ring (bicyclic) bond motifs is 1. The summed E-state index contributed by atoms with van der Waals surface area (Å²) in [5, 5.41) is 5.69. The van der Waals surface area contributed by atoms with Gasteiger partial charge in [-0.2, -0.15) is 0 Å². The van der Waals surface area contributed by atoms with Crippen molar-refractivity contribution in [3.8, 4) is 11.8 Å². The molecule has 152 valence electrons. The Morgan fingerprint density at radius 2 is 1.97 bits per heavy atom. The van der Waals surface area contributed by atoms with Gasteiger partial charge in [0.15, 0.2) is 0 Å². The second-order valence-corrected chi connectivity index (χ2v) is 7.73. The summed E-state index contributed by atoms with van der Waals surface area (Å²) in [4.78, 5) is 40.4. The summed E-state index contributed by atoms with van der Waals surface area (Å²) in [7, 11) is 0. The quantitative estimate of drug-likeness (QED) is 0.441. The van der Waals surface area contributed by atoms with E-state index in [1.807, 2.05) is 12.1 Å². The maximum Gasteiger partial charge on any atom is 0.255 e. The van der Waals surface area contributed by atoms with Crippen molar-refractivity contribution in [1.82, 2.24) is 20.4 Å². The minimum atomic E-state index is -0.590. The summed E-state index contributed by atoms with van der Waals surface area (Å²) in [6, 6.07) is 4.98. The van der Waals surface area contributed by atoms with Crippen LogP contribution in [0.4, 0.5) is 0 Å². The van der Waals surface area contributed by atoms with Crippen LogP contribution in [0, 0.1) is 11.8 Å². The highest BCUT2D eigenvalue weighted by Gasteiger charge is 2.39. The third kappa shape index (κ3) is 4.34. The summed E-state index contributed by atoms with van der Waals surface area (Å²) in [5.74, 6) is 5.66. The first-order valence-corrected chi connectivity index (χ1v) is 10.3. The standard InChI is InChI=1S/C22H26N4O3/c27-20-9-8-19(21(28)24-20)26-15-18-16(6-4-7-17(18)22(26)29)5-2-1-3-12-25-13-10-23-11-14-25/h4,6-7,19,23H,1,3,8-15H2,(H,24,27,28). The summed E-state index contributed by atoms with van der Waals surface area (Å²) in [6.45, 7) is 5.73. The molecule has 7 heteroatoms. The molecule has 7 nitrogen and oxygen atoms in total. The molecule has 29 heavy (non-hydrogen) atoms. The number of carbonyl (C=O) groups excluding carboxylic acids is 3. The van der Waals surface area contributed by atoms with Gasteiger partial charge in [-0.1, -0.05) is 17.9 Å². The number of amides is 3. The lowest BCUT2D eigenvalue weighted by Gasteiger charge is -2.29. The van der Waals surface area contributed by atoms with E-state index in [9.17, 15) is 14.4 Å². The second kappa shape index (κ2) is 8.76. The molecule has 1 aromatic carbocycles. The smallest absolute Gasteiger partial charge is 0.255 e. The van der Waals surface area contributed by atoms with Crippen LogP contribution in [0.3, 0.4) is 0 Å². The number of piperazine rings is 1. The lowest BCUT2D eigenvalue weighted by Crippen LogP contribution is -2.52. The van der Waals surface area contributed by atoms with Gasteiger partial charge in [0.25, 0.3) is 5.91 Å². The number of carbonyl (C=O) groups is 3. The molecule has 3 aliphatic heterocycles. The average molecular weight is 394 g/mol. The van der Waals surface area contributed by atoms with Crippen LogP contribution in [0.5, 0.6) is 0 Å². The van der Waals surface area contributed by atoms with Crippen molar-refractivity contribution in [3.63, 3.8) is 0 Å². The Kier molecular flexibility index (Phi) is 5.93. The highest BCUT2D eigenvalue weighted by Crippen LogP contribution is 2.29. The van der Waals surface area contributed by atoms with E-state index in [-0.39, 0.29) is 24.1 Å². The van der Waals surface area contributed by atoms with Gasteiger partial charge in [-0.05, 0) is 37.1 Å². The minimum absolute atomic E-state index is 0.156. The number of benzene rings is 1. The first kappa shape index (κ1) is 19.6. The third-order valence-electron chi connectivity index (χ3n) is 5.79. The van der Waals surface area contributed by atoms with Crippen molar-refractivity contribution in [2.75, 3.05) is 32.7 Å². The lowest BCUT2D eigenvalue weighted by molar-refractivity contribution is -0.136. The van der Waals surface area contributed by atoms with E-state index < -0.39 is 6.04 Å². The van der Waals surface area contributed by atoms with Crippen LogP contribution in [0.15, 0.2) is 18.2 Å². The van der Waals surface area contributed by atoms with Gasteiger partial charge in [-0.25, -0.2) is 0 Å². The van der Waals surface area contributed by atoms with E-state index in [4.69, 9.17) is 0 Å². The van der Waals surface area contributed by atoms with Gasteiger partial charge in [0, 0.05) is 56.7 Å². The Hall–Kier alpha value is -2.69. The SMILES string of the molecule is O=C1CCC(N2Cc3c(C#CCCCN4CCNCC4)cccc3C2=O)C(=O)N1. The summed E-state index contributed by atoms with van der Waals surface area (Å²) in [6.07, 6.45) is 2.48. The number of piperidine rings is 1. The van der Waals surface area contributed by atoms with Crippen molar-refractivity contribution in [3.05, 3.63) is 34.9 Å². The molecule has 0 saturated carbocycles. The fraction of sp³-hybridized carbons (Fsp3) is 0.500. The maximum absolute atomic E-state index is 12.8. The Bertz CT molecular complexity index is 880. The normalized spacial score (nSPS) is 22.1. The van der Waals surface area contributed by atoms with Crippen LogP contribution in [0.1, 0.15) is 47.2 Å². The Morgan fingerprint density at radius 1 is 1.14 bits per heavy atom. The number of rotatable bonds is 4. The molecule has 3 aliphatic rings. The number of hydrogen-bond acceptors (Lipinski definition) is 5. The molecule has 0 spiro atoms. The number of nitrogens with one attached hydrogen (secondary N) is 2. The molecule has 2 N–H and O–H groups in total. The Morgan fingerprint density at radius 3 is 2.76 bits per heavy atom. The fourth-order valence-corrected chi connectivity index (χ4v) is 4.19. The van der Waals surface area contributed by atoms with Crippen LogP contribution < -0.4 is 10.6 Å². The molecule has 0 aliphatic carbocycles. The largest absolute Gasteiger partial charge is 0.322 e. The van der Waals surface area contributed by atoms with Gasteiger partial charge in [-0.3, -0.25) is 19.7 Å². The van der Waals surface area contributed by atoms with Gasteiger partial charge < -0.3 is 15.1 Å². The van der Waals surface area contributed by atoms with Crippen LogP contribution in [0.2, 0.25) is 0 Å². The van der Waals surface area contributed by atoms with E-state index in [1.165, 1.54) is 0 Å². The van der Waals surface area contributed by atoms with Crippen LogP contribution in [-0.2, 0) is 16.1 Å². The topological polar surface area (TPSA) is 81.8 Å². The molecular weight excluding hydrogens is 368 g/mol. The number of hydrogen-bond donors (Lipinski definition) is 2. The third-order valence-corrected chi connectivity index (χ3v) is 5.79. The Labute approximate surface area is 170 Å². The molecule has 1 aromatic rings. The molecular formula is C22H26N4O3. The summed E-state index contributed by atoms with van der Waals surface area (Å²) >= 11 is 0. The van der Waals surface area contributed by atoms with Crippen LogP contribution in [0.25, 0.3) is 0 Å². The Balaban J connectivity index is 1.39. The van der Waals surface area contributed by atoms with Crippen molar-refractivity contribution in [2.24, 2.45) is 0 Å². The van der Waals surface area contributed by atoms with Crippen molar-refractivity contribution < 1.29 is 14.4 Å². The molecule has 0 aromatic heterocycles. The molecule has 1 atom stereocenters. The lowest BCUT2D eigenvalue weighted by atomic mass is 10.0. The highest BCUT2D eigenvalue weighted by molar-refractivity contribution is 6.05. The highest BCUT2D eigenvalue weighted by atomic mass is 16.2. The van der Waals surface area contributed by atoms with Gasteiger partial charge in [-0.15, -0.1) is 0 Å². The van der Waals surface area contributed by atoms with E-state index in [0.717, 1.165) is 56.7 Å². The zero-order valence-electron chi connectivity index (χ0n) is 16.5. The second-order valence-electron chi connectivity index (χ2n) is 7.73. The zero-order valence-corrected chi connectivity index (χ0v) is 16.5. The molecule has 4 rings (SSSR count). The van der Waals surface area contributed by atoms with Gasteiger partial charge in [0.05, 0.1) is 0 Å². The van der Waals surface area contributed by atoms with E-state index in [0.29, 0.717) is 18.5 Å². The van der Waals surface area contributed by atoms with E-state index in [2.05, 4.69) is 27.4 Å². The van der Waals surface area contributed by atoms with Gasteiger partial charge >= 0.3 is 0 Å². The average Bonchev–Trinajstić information content (AvgIpc) is 3.06. The molecule has 0 bridgehead atoms. The fourth-order valence-electron chi connectivity index (χ4n) is 4.19. The molecule has 2 fully saturated rings. The van der Waals surface area contributed by atoms with E-state index >= 15 is 0 Å². The van der Waals surface area contributed by atoms with Crippen molar-refractivity contribution >= 4 is 17.7 Å². The molecule has 1 unspecified atom stereocenters. The summed E-state index contributed by atoms with van der Waals surface area (Å²) in [5.41, 5.74) is 2.35. The number of nitrogens with zero attached hydrogens (tertiary/aromatic N) is 2. The van der Waals surface area contributed by atoms with Crippen LogP contribution in [-0.4, -0.2) is 66.3 Å². The minimum Gasteiger partial charge on any atom is -0.322 e. The monoisotopic (exact) mass is 394 g/mol. The van der Waals surface area contributed by atoms with Gasteiger partial charge in [0.2, 0.25) is 11.8 Å².